The summed E-state index contributed by atoms with van der Waals surface area (Å²) in [6.07, 6.45) is 2.73. The lowest BCUT2D eigenvalue weighted by Crippen LogP contribution is -2.16. The zero-order valence-corrected chi connectivity index (χ0v) is 16.4. The zero-order chi connectivity index (χ0) is 20.2. The van der Waals surface area contributed by atoms with Gasteiger partial charge in [0.25, 0.3) is 0 Å². The number of rotatable bonds is 6. The fourth-order valence-corrected chi connectivity index (χ4v) is 3.43. The van der Waals surface area contributed by atoms with Crippen molar-refractivity contribution in [2.45, 2.75) is 13.0 Å². The first-order chi connectivity index (χ1) is 14.1. The number of hydrogen-bond donors (Lipinski definition) is 3. The van der Waals surface area contributed by atoms with E-state index in [-0.39, 0.29) is 5.88 Å². The number of nitriles is 1. The van der Waals surface area contributed by atoms with Crippen molar-refractivity contribution >= 4 is 22.5 Å². The number of hydrogen-bond acceptors (Lipinski definition) is 4. The van der Waals surface area contributed by atoms with Crippen LogP contribution in [-0.4, -0.2) is 21.6 Å². The second-order valence-corrected chi connectivity index (χ2v) is 7.26. The Kier molecular flexibility index (Phi) is 5.48. The Labute approximate surface area is 173 Å². The van der Waals surface area contributed by atoms with Crippen molar-refractivity contribution in [3.63, 3.8) is 0 Å². The van der Waals surface area contributed by atoms with Crippen LogP contribution in [0.5, 0.6) is 5.88 Å². The van der Waals surface area contributed by atoms with E-state index in [4.69, 9.17) is 16.9 Å². The van der Waals surface area contributed by atoms with E-state index in [0.29, 0.717) is 23.4 Å². The molecule has 0 radical (unpaired) electrons. The maximum absolute atomic E-state index is 10.3. The molecule has 5 nitrogen and oxygen atoms in total. The molecule has 2 aromatic heterocycles. The van der Waals surface area contributed by atoms with Crippen LogP contribution < -0.4 is 5.32 Å². The molecule has 0 amide bonds. The molecule has 0 fully saturated rings. The number of aromatic amines is 1. The first-order valence-corrected chi connectivity index (χ1v) is 9.67. The minimum absolute atomic E-state index is 0.0522. The van der Waals surface area contributed by atoms with Crippen LogP contribution in [0, 0.1) is 11.3 Å². The molecule has 3 N–H and O–H groups in total. The van der Waals surface area contributed by atoms with E-state index in [1.807, 2.05) is 36.4 Å². The van der Waals surface area contributed by atoms with Crippen LogP contribution in [-0.2, 0) is 13.0 Å². The van der Waals surface area contributed by atoms with Gasteiger partial charge in [-0.2, -0.15) is 5.26 Å². The molecular formula is C23H19ClN4O. The molecule has 0 aliphatic heterocycles. The lowest BCUT2D eigenvalue weighted by atomic mass is 10.1. The van der Waals surface area contributed by atoms with Gasteiger partial charge in [-0.3, -0.25) is 4.98 Å². The smallest absolute Gasteiger partial charge is 0.199 e. The predicted molar refractivity (Wildman–Crippen MR) is 115 cm³/mol. The average Bonchev–Trinajstić information content (AvgIpc) is 3.07. The number of H-pyrrole nitrogens is 1. The summed E-state index contributed by atoms with van der Waals surface area (Å²) in [6, 6.07) is 19.1. The third-order valence-electron chi connectivity index (χ3n) is 4.82. The molecule has 0 saturated carbocycles. The van der Waals surface area contributed by atoms with Crippen molar-refractivity contribution in [3.05, 3.63) is 82.5 Å². The molecule has 29 heavy (non-hydrogen) atoms. The quantitative estimate of drug-likeness (QED) is 0.405. The van der Waals surface area contributed by atoms with Gasteiger partial charge in [-0.25, -0.2) is 0 Å². The average molecular weight is 403 g/mol. The van der Waals surface area contributed by atoms with Crippen LogP contribution in [0.15, 0.2) is 60.8 Å². The van der Waals surface area contributed by atoms with Gasteiger partial charge in [0.15, 0.2) is 5.88 Å². The normalized spacial score (nSPS) is 10.9. The Hall–Kier alpha value is -3.33. The molecule has 4 rings (SSSR count). The Morgan fingerprint density at radius 3 is 2.59 bits per heavy atom. The number of fused-ring (bicyclic) bond motifs is 1. The molecule has 6 heteroatoms. The molecule has 0 aliphatic rings. The van der Waals surface area contributed by atoms with E-state index in [1.165, 1.54) is 5.56 Å². The topological polar surface area (TPSA) is 84.7 Å². The summed E-state index contributed by atoms with van der Waals surface area (Å²) in [6.45, 7) is 1.56. The molecule has 144 valence electrons. The van der Waals surface area contributed by atoms with E-state index >= 15 is 0 Å². The Balaban J connectivity index is 1.43. The van der Waals surface area contributed by atoms with Gasteiger partial charge >= 0.3 is 0 Å². The van der Waals surface area contributed by atoms with Crippen LogP contribution in [0.4, 0.5) is 0 Å². The lowest BCUT2D eigenvalue weighted by molar-refractivity contribution is 0.460. The van der Waals surface area contributed by atoms with E-state index < -0.39 is 0 Å². The van der Waals surface area contributed by atoms with Crippen LogP contribution in [0.2, 0.25) is 5.02 Å². The molecule has 0 aliphatic carbocycles. The third kappa shape index (κ3) is 4.24. The van der Waals surface area contributed by atoms with Gasteiger partial charge in [0.2, 0.25) is 0 Å². The minimum atomic E-state index is 0.0522. The number of aromatic hydroxyl groups is 1. The number of pyridine rings is 1. The highest BCUT2D eigenvalue weighted by molar-refractivity contribution is 6.30. The van der Waals surface area contributed by atoms with Crippen molar-refractivity contribution in [2.24, 2.45) is 0 Å². The fraction of sp³-hybridized carbons (Fsp3) is 0.130. The van der Waals surface area contributed by atoms with E-state index in [1.54, 1.807) is 24.4 Å². The van der Waals surface area contributed by atoms with Crippen LogP contribution in [0.1, 0.15) is 16.7 Å². The highest BCUT2D eigenvalue weighted by atomic mass is 35.5. The van der Waals surface area contributed by atoms with E-state index in [2.05, 4.69) is 21.4 Å². The van der Waals surface area contributed by atoms with Gasteiger partial charge in [-0.15, -0.1) is 0 Å². The van der Waals surface area contributed by atoms with E-state index in [0.717, 1.165) is 34.5 Å². The van der Waals surface area contributed by atoms with Gasteiger partial charge in [-0.1, -0.05) is 29.8 Å². The SMILES string of the molecule is N#Cc1ccc2[nH]c(O)c(-c3ccc(CNCCc4ccc(Cl)cc4)cn3)c2c1. The summed E-state index contributed by atoms with van der Waals surface area (Å²) in [7, 11) is 0. The third-order valence-corrected chi connectivity index (χ3v) is 5.07. The Morgan fingerprint density at radius 1 is 1.07 bits per heavy atom. The van der Waals surface area contributed by atoms with Crippen LogP contribution in [0.3, 0.4) is 0 Å². The van der Waals surface area contributed by atoms with Gasteiger partial charge in [0.05, 0.1) is 22.9 Å². The van der Waals surface area contributed by atoms with Crippen LogP contribution >= 0.6 is 11.6 Å². The molecule has 0 atom stereocenters. The molecule has 0 bridgehead atoms. The summed E-state index contributed by atoms with van der Waals surface area (Å²) in [5.41, 5.74) is 4.88. The van der Waals surface area contributed by atoms with Crippen molar-refractivity contribution in [2.75, 3.05) is 6.54 Å². The second kappa shape index (κ2) is 8.36. The van der Waals surface area contributed by atoms with Gasteiger partial charge in [-0.05, 0) is 60.5 Å². The minimum Gasteiger partial charge on any atom is -0.494 e. The number of nitrogens with one attached hydrogen (secondary N) is 2. The monoisotopic (exact) mass is 402 g/mol. The van der Waals surface area contributed by atoms with E-state index in [9.17, 15) is 5.11 Å². The fourth-order valence-electron chi connectivity index (χ4n) is 3.30. The maximum Gasteiger partial charge on any atom is 0.199 e. The van der Waals surface area contributed by atoms with Gasteiger partial charge in [0.1, 0.15) is 0 Å². The van der Waals surface area contributed by atoms with Gasteiger partial charge < -0.3 is 15.4 Å². The highest BCUT2D eigenvalue weighted by Gasteiger charge is 2.14. The van der Waals surface area contributed by atoms with Crippen molar-refractivity contribution in [1.82, 2.24) is 15.3 Å². The number of nitrogens with zero attached hydrogens (tertiary/aromatic N) is 2. The lowest BCUT2D eigenvalue weighted by Gasteiger charge is -2.06. The highest BCUT2D eigenvalue weighted by Crippen LogP contribution is 2.35. The molecular weight excluding hydrogens is 384 g/mol. The van der Waals surface area contributed by atoms with Gasteiger partial charge in [0, 0.05) is 28.7 Å². The molecule has 4 aromatic rings. The second-order valence-electron chi connectivity index (χ2n) is 6.83. The molecule has 0 unspecified atom stereocenters. The van der Waals surface area contributed by atoms with Crippen LogP contribution in [0.25, 0.3) is 22.2 Å². The number of benzene rings is 2. The standard InChI is InChI=1S/C23H19ClN4O/c24-18-5-1-15(2-6-18)9-10-26-13-17-4-8-21(27-14-17)22-19-11-16(12-25)3-7-20(19)28-23(22)29/h1-8,11,14,26,28-29H,9-10,13H2. The zero-order valence-electron chi connectivity index (χ0n) is 15.6. The van der Waals surface area contributed by atoms with Crippen molar-refractivity contribution in [1.29, 1.82) is 5.26 Å². The van der Waals surface area contributed by atoms with Crippen molar-refractivity contribution in [3.8, 4) is 23.2 Å². The summed E-state index contributed by atoms with van der Waals surface area (Å²) in [5.74, 6) is 0.0522. The first-order valence-electron chi connectivity index (χ1n) is 9.29. The largest absolute Gasteiger partial charge is 0.494 e. The predicted octanol–water partition coefficient (Wildman–Crippen LogP) is 4.79. The number of halogens is 1. The molecule has 2 heterocycles. The first kappa shape index (κ1) is 19.0. The summed E-state index contributed by atoms with van der Waals surface area (Å²) in [4.78, 5) is 7.45. The summed E-state index contributed by atoms with van der Waals surface area (Å²) < 4.78 is 0. The Bertz CT molecular complexity index is 1170. The maximum atomic E-state index is 10.3. The summed E-state index contributed by atoms with van der Waals surface area (Å²) >= 11 is 5.91. The molecule has 0 saturated heterocycles. The summed E-state index contributed by atoms with van der Waals surface area (Å²) in [5, 5.41) is 24.4. The molecule has 0 spiro atoms. The molecule has 2 aromatic carbocycles. The van der Waals surface area contributed by atoms with Crippen molar-refractivity contribution < 1.29 is 5.11 Å². The Morgan fingerprint density at radius 2 is 1.86 bits per heavy atom. The number of aromatic nitrogens is 2.